The third kappa shape index (κ3) is 3.11. The van der Waals surface area contributed by atoms with Gasteiger partial charge in [0.05, 0.1) is 0 Å². The van der Waals surface area contributed by atoms with E-state index in [4.69, 9.17) is 0 Å². The highest BCUT2D eigenvalue weighted by molar-refractivity contribution is 5.61. The van der Waals surface area contributed by atoms with Crippen molar-refractivity contribution < 1.29 is 0 Å². The molecule has 110 valence electrons. The zero-order valence-electron chi connectivity index (χ0n) is 13.0. The average molecular weight is 280 g/mol. The van der Waals surface area contributed by atoms with E-state index in [1.54, 1.807) is 0 Å². The van der Waals surface area contributed by atoms with Gasteiger partial charge in [-0.25, -0.2) is 0 Å². The molecule has 0 saturated carbocycles. The third-order valence-corrected chi connectivity index (χ3v) is 4.43. The van der Waals surface area contributed by atoms with E-state index in [0.29, 0.717) is 0 Å². The molecule has 1 aliphatic heterocycles. The number of anilines is 1. The molecule has 0 spiro atoms. The van der Waals surface area contributed by atoms with Gasteiger partial charge in [-0.1, -0.05) is 49.4 Å². The van der Waals surface area contributed by atoms with Gasteiger partial charge in [-0.3, -0.25) is 4.90 Å². The second kappa shape index (κ2) is 6.31. The van der Waals surface area contributed by atoms with Crippen LogP contribution in [-0.2, 0) is 19.5 Å². The number of aryl methyl sites for hydroxylation is 1. The summed E-state index contributed by atoms with van der Waals surface area (Å²) in [7, 11) is 0. The summed E-state index contributed by atoms with van der Waals surface area (Å²) in [6.45, 7) is 8.63. The Morgan fingerprint density at radius 1 is 1.00 bits per heavy atom. The molecule has 1 aliphatic rings. The maximum atomic E-state index is 3.55. The van der Waals surface area contributed by atoms with Crippen LogP contribution >= 0.6 is 0 Å². The van der Waals surface area contributed by atoms with Crippen molar-refractivity contribution in [2.24, 2.45) is 0 Å². The fourth-order valence-electron chi connectivity index (χ4n) is 3.09. The van der Waals surface area contributed by atoms with E-state index in [1.807, 2.05) is 0 Å². The average Bonchev–Trinajstić information content (AvgIpc) is 2.98. The summed E-state index contributed by atoms with van der Waals surface area (Å²) in [6, 6.07) is 15.4. The second-order valence-electron chi connectivity index (χ2n) is 5.86. The number of para-hydroxylation sites is 1. The molecule has 0 aliphatic carbocycles. The molecule has 0 atom stereocenters. The Morgan fingerprint density at radius 3 is 2.57 bits per heavy atom. The first-order valence-electron chi connectivity index (χ1n) is 7.89. The Hall–Kier alpha value is -1.80. The molecule has 2 nitrogen and oxygen atoms in total. The Labute approximate surface area is 127 Å². The second-order valence-corrected chi connectivity index (χ2v) is 5.86. The number of hydrogen-bond acceptors (Lipinski definition) is 2. The van der Waals surface area contributed by atoms with E-state index in [-0.39, 0.29) is 0 Å². The quantitative estimate of drug-likeness (QED) is 0.891. The fourth-order valence-corrected chi connectivity index (χ4v) is 3.09. The van der Waals surface area contributed by atoms with Gasteiger partial charge in [0.15, 0.2) is 0 Å². The number of hydrogen-bond donors (Lipinski definition) is 1. The van der Waals surface area contributed by atoms with Crippen molar-refractivity contribution in [2.75, 3.05) is 18.4 Å². The van der Waals surface area contributed by atoms with Gasteiger partial charge in [-0.05, 0) is 42.1 Å². The standard InChI is InChI=1S/C19H24N2/c1-3-21(13-17-8-5-4-7-15(17)2)14-18-10-6-9-16-11-12-20-19(16)18/h4-10,20H,3,11-14H2,1-2H3. The highest BCUT2D eigenvalue weighted by Gasteiger charge is 2.15. The van der Waals surface area contributed by atoms with Crippen LogP contribution in [0.5, 0.6) is 0 Å². The van der Waals surface area contributed by atoms with Crippen LogP contribution in [0.3, 0.4) is 0 Å². The molecule has 2 heteroatoms. The topological polar surface area (TPSA) is 15.3 Å². The maximum Gasteiger partial charge on any atom is 0.0419 e. The molecule has 1 heterocycles. The van der Waals surface area contributed by atoms with Crippen LogP contribution in [0.1, 0.15) is 29.2 Å². The van der Waals surface area contributed by atoms with Crippen molar-refractivity contribution in [3.63, 3.8) is 0 Å². The zero-order valence-corrected chi connectivity index (χ0v) is 13.0. The van der Waals surface area contributed by atoms with Crippen LogP contribution in [0.15, 0.2) is 42.5 Å². The molecule has 3 rings (SSSR count). The summed E-state index contributed by atoms with van der Waals surface area (Å²) in [5, 5.41) is 3.55. The third-order valence-electron chi connectivity index (χ3n) is 4.43. The van der Waals surface area contributed by atoms with Crippen LogP contribution in [0.25, 0.3) is 0 Å². The SMILES string of the molecule is CCN(Cc1ccccc1C)Cc1cccc2c1NCC2. The van der Waals surface area contributed by atoms with E-state index in [0.717, 1.165) is 32.6 Å². The lowest BCUT2D eigenvalue weighted by Crippen LogP contribution is -2.23. The molecule has 0 radical (unpaired) electrons. The van der Waals surface area contributed by atoms with E-state index in [1.165, 1.54) is 27.9 Å². The smallest absolute Gasteiger partial charge is 0.0419 e. The molecular formula is C19H24N2. The van der Waals surface area contributed by atoms with Gasteiger partial charge in [-0.15, -0.1) is 0 Å². The highest BCUT2D eigenvalue weighted by atomic mass is 15.1. The van der Waals surface area contributed by atoms with Gasteiger partial charge < -0.3 is 5.32 Å². The molecule has 2 aromatic carbocycles. The molecule has 0 bridgehead atoms. The van der Waals surface area contributed by atoms with Crippen molar-refractivity contribution in [3.05, 3.63) is 64.7 Å². The molecule has 1 N–H and O–H groups in total. The lowest BCUT2D eigenvalue weighted by Gasteiger charge is -2.23. The fraction of sp³-hybridized carbons (Fsp3) is 0.368. The summed E-state index contributed by atoms with van der Waals surface area (Å²) in [4.78, 5) is 2.51. The number of nitrogens with zero attached hydrogens (tertiary/aromatic N) is 1. The van der Waals surface area contributed by atoms with Crippen molar-refractivity contribution in [3.8, 4) is 0 Å². The first-order chi connectivity index (χ1) is 10.3. The lowest BCUT2D eigenvalue weighted by molar-refractivity contribution is 0.271. The summed E-state index contributed by atoms with van der Waals surface area (Å²) < 4.78 is 0. The Kier molecular flexibility index (Phi) is 4.26. The predicted octanol–water partition coefficient (Wildman–Crippen LogP) is 3.99. The van der Waals surface area contributed by atoms with Gasteiger partial charge in [-0.2, -0.15) is 0 Å². The minimum atomic E-state index is 1.01. The van der Waals surface area contributed by atoms with Crippen LogP contribution in [0.4, 0.5) is 5.69 Å². The van der Waals surface area contributed by atoms with Gasteiger partial charge >= 0.3 is 0 Å². The van der Waals surface area contributed by atoms with Gasteiger partial charge in [0.25, 0.3) is 0 Å². The predicted molar refractivity (Wildman–Crippen MR) is 89.6 cm³/mol. The van der Waals surface area contributed by atoms with E-state index in [9.17, 15) is 0 Å². The van der Waals surface area contributed by atoms with Gasteiger partial charge in [0, 0.05) is 25.3 Å². The molecule has 0 saturated heterocycles. The van der Waals surface area contributed by atoms with Crippen LogP contribution in [0.2, 0.25) is 0 Å². The number of nitrogens with one attached hydrogen (secondary N) is 1. The monoisotopic (exact) mass is 280 g/mol. The molecular weight excluding hydrogens is 256 g/mol. The van der Waals surface area contributed by atoms with E-state index < -0.39 is 0 Å². The Bertz CT molecular complexity index is 619. The van der Waals surface area contributed by atoms with E-state index in [2.05, 4.69) is 66.5 Å². The zero-order chi connectivity index (χ0) is 14.7. The highest BCUT2D eigenvalue weighted by Crippen LogP contribution is 2.27. The number of rotatable bonds is 5. The van der Waals surface area contributed by atoms with E-state index >= 15 is 0 Å². The van der Waals surface area contributed by atoms with Crippen molar-refractivity contribution in [1.82, 2.24) is 4.90 Å². The molecule has 0 amide bonds. The van der Waals surface area contributed by atoms with Gasteiger partial charge in [0.2, 0.25) is 0 Å². The van der Waals surface area contributed by atoms with Crippen molar-refractivity contribution in [1.29, 1.82) is 0 Å². The largest absolute Gasteiger partial charge is 0.384 e. The Morgan fingerprint density at radius 2 is 1.76 bits per heavy atom. The minimum absolute atomic E-state index is 1.01. The summed E-state index contributed by atoms with van der Waals surface area (Å²) in [5.74, 6) is 0. The van der Waals surface area contributed by atoms with Crippen LogP contribution in [0, 0.1) is 6.92 Å². The minimum Gasteiger partial charge on any atom is -0.384 e. The number of benzene rings is 2. The molecule has 0 aromatic heterocycles. The van der Waals surface area contributed by atoms with Crippen LogP contribution in [-0.4, -0.2) is 18.0 Å². The first kappa shape index (κ1) is 14.2. The maximum absolute atomic E-state index is 3.55. The Balaban J connectivity index is 1.76. The molecule has 0 fully saturated rings. The molecule has 0 unspecified atom stereocenters. The van der Waals surface area contributed by atoms with Crippen molar-refractivity contribution in [2.45, 2.75) is 33.4 Å². The van der Waals surface area contributed by atoms with Crippen molar-refractivity contribution >= 4 is 5.69 Å². The number of fused-ring (bicyclic) bond motifs is 1. The lowest BCUT2D eigenvalue weighted by atomic mass is 10.1. The molecule has 2 aromatic rings. The summed E-state index contributed by atoms with van der Waals surface area (Å²) >= 11 is 0. The summed E-state index contributed by atoms with van der Waals surface area (Å²) in [5.41, 5.74) is 7.09. The van der Waals surface area contributed by atoms with Gasteiger partial charge in [0.1, 0.15) is 0 Å². The van der Waals surface area contributed by atoms with Crippen LogP contribution < -0.4 is 5.32 Å². The summed E-state index contributed by atoms with van der Waals surface area (Å²) in [6.07, 6.45) is 1.16. The molecule has 21 heavy (non-hydrogen) atoms. The normalized spacial score (nSPS) is 13.3. The first-order valence-corrected chi connectivity index (χ1v) is 7.89.